The van der Waals surface area contributed by atoms with Crippen molar-refractivity contribution >= 4 is 11.9 Å². The van der Waals surface area contributed by atoms with Crippen LogP contribution < -0.4 is 4.90 Å². The van der Waals surface area contributed by atoms with E-state index in [2.05, 4.69) is 9.97 Å². The molecule has 0 aromatic carbocycles. The van der Waals surface area contributed by atoms with Crippen LogP contribution in [0.5, 0.6) is 0 Å². The molecule has 0 bridgehead atoms. The summed E-state index contributed by atoms with van der Waals surface area (Å²) in [4.78, 5) is 20.8. The number of carbonyl (C=O) groups is 1. The normalized spacial score (nSPS) is 12.6. The van der Waals surface area contributed by atoms with Gasteiger partial charge in [0.15, 0.2) is 0 Å². The van der Waals surface area contributed by atoms with Gasteiger partial charge in [0.25, 0.3) is 0 Å². The highest BCUT2D eigenvalue weighted by molar-refractivity contribution is 5.76. The minimum absolute atomic E-state index is 0.301. The Balaban J connectivity index is 2.95. The maximum absolute atomic E-state index is 10.8. The Morgan fingerprint density at radius 2 is 2.06 bits per heavy atom. The third kappa shape index (κ3) is 2.68. The molecule has 0 aliphatic heterocycles. The van der Waals surface area contributed by atoms with Gasteiger partial charge in [-0.2, -0.15) is 0 Å². The van der Waals surface area contributed by atoms with Crippen molar-refractivity contribution in [1.29, 1.82) is 0 Å². The lowest BCUT2D eigenvalue weighted by molar-refractivity contribution is -0.138. The predicted molar refractivity (Wildman–Crippen MR) is 61.6 cm³/mol. The van der Waals surface area contributed by atoms with Gasteiger partial charge in [-0.1, -0.05) is 13.8 Å². The van der Waals surface area contributed by atoms with Crippen molar-refractivity contribution in [2.24, 2.45) is 0 Å². The lowest BCUT2D eigenvalue weighted by atomic mass is 10.1. The van der Waals surface area contributed by atoms with E-state index in [4.69, 9.17) is 5.11 Å². The molecule has 1 rings (SSSR count). The minimum atomic E-state index is -0.888. The molecular formula is C11H17N3O2. The van der Waals surface area contributed by atoms with Crippen molar-refractivity contribution in [2.45, 2.75) is 32.7 Å². The Labute approximate surface area is 95.1 Å². The zero-order valence-electron chi connectivity index (χ0n) is 10.0. The van der Waals surface area contributed by atoms with Crippen molar-refractivity contribution in [2.75, 3.05) is 11.9 Å². The quantitative estimate of drug-likeness (QED) is 0.838. The summed E-state index contributed by atoms with van der Waals surface area (Å²) < 4.78 is 0. The predicted octanol–water partition coefficient (Wildman–Crippen LogP) is 1.51. The van der Waals surface area contributed by atoms with E-state index in [1.807, 2.05) is 19.9 Å². The van der Waals surface area contributed by atoms with Crippen molar-refractivity contribution < 1.29 is 9.90 Å². The van der Waals surface area contributed by atoms with Gasteiger partial charge in [-0.25, -0.2) is 14.8 Å². The molecule has 16 heavy (non-hydrogen) atoms. The maximum Gasteiger partial charge on any atom is 0.326 e. The Morgan fingerprint density at radius 3 is 2.56 bits per heavy atom. The number of rotatable bonds is 4. The molecule has 1 unspecified atom stereocenters. The third-order valence-electron chi connectivity index (χ3n) is 2.51. The third-order valence-corrected chi connectivity index (χ3v) is 2.51. The van der Waals surface area contributed by atoms with E-state index in [1.165, 1.54) is 0 Å². The first-order valence-corrected chi connectivity index (χ1v) is 5.22. The molecule has 1 atom stereocenters. The fourth-order valence-electron chi connectivity index (χ4n) is 1.19. The van der Waals surface area contributed by atoms with Crippen LogP contribution in [0.2, 0.25) is 0 Å². The molecular weight excluding hydrogens is 206 g/mol. The molecule has 1 heterocycles. The van der Waals surface area contributed by atoms with E-state index in [1.54, 1.807) is 25.1 Å². The number of aliphatic carboxylic acids is 1. The summed E-state index contributed by atoms with van der Waals surface area (Å²) in [5.41, 5.74) is 0.912. The number of anilines is 1. The van der Waals surface area contributed by atoms with Crippen LogP contribution in [0.4, 0.5) is 5.95 Å². The summed E-state index contributed by atoms with van der Waals surface area (Å²) in [6, 6.07) is 1.20. The molecule has 0 spiro atoms. The Bertz CT molecular complexity index is 379. The molecule has 0 saturated carbocycles. The molecule has 0 amide bonds. The van der Waals surface area contributed by atoms with E-state index in [9.17, 15) is 4.79 Å². The van der Waals surface area contributed by atoms with E-state index in [0.29, 0.717) is 11.9 Å². The molecule has 0 aliphatic carbocycles. The molecule has 88 valence electrons. The largest absolute Gasteiger partial charge is 0.480 e. The lowest BCUT2D eigenvalue weighted by Gasteiger charge is -2.21. The monoisotopic (exact) mass is 223 g/mol. The summed E-state index contributed by atoms with van der Waals surface area (Å²) in [6.07, 6.45) is 1.66. The highest BCUT2D eigenvalue weighted by Crippen LogP contribution is 2.15. The molecule has 1 N–H and O–H groups in total. The van der Waals surface area contributed by atoms with Crippen LogP contribution in [-0.4, -0.2) is 34.1 Å². The van der Waals surface area contributed by atoms with Gasteiger partial charge in [0.1, 0.15) is 6.04 Å². The van der Waals surface area contributed by atoms with Crippen LogP contribution in [0.15, 0.2) is 12.3 Å². The summed E-state index contributed by atoms with van der Waals surface area (Å²) in [5, 5.41) is 8.89. The molecule has 0 fully saturated rings. The first kappa shape index (κ1) is 12.4. The Morgan fingerprint density at radius 1 is 1.44 bits per heavy atom. The minimum Gasteiger partial charge on any atom is -0.480 e. The van der Waals surface area contributed by atoms with Crippen LogP contribution in [0.3, 0.4) is 0 Å². The standard InChI is InChI=1S/C11H17N3O2/c1-7(2)9-5-6-12-11(13-9)14(4)8(3)10(15)16/h5-8H,1-4H3,(H,15,16). The second kappa shape index (κ2) is 4.92. The van der Waals surface area contributed by atoms with Gasteiger partial charge in [0, 0.05) is 18.9 Å². The molecule has 1 aromatic heterocycles. The van der Waals surface area contributed by atoms with Crippen LogP contribution in [-0.2, 0) is 4.79 Å². The molecule has 5 heteroatoms. The highest BCUT2D eigenvalue weighted by atomic mass is 16.4. The van der Waals surface area contributed by atoms with Gasteiger partial charge in [-0.3, -0.25) is 0 Å². The number of likely N-dealkylation sites (N-methyl/N-ethyl adjacent to an activating group) is 1. The van der Waals surface area contributed by atoms with Crippen molar-refractivity contribution in [3.8, 4) is 0 Å². The number of carboxylic acid groups (broad SMARTS) is 1. The zero-order chi connectivity index (χ0) is 12.3. The fourth-order valence-corrected chi connectivity index (χ4v) is 1.19. The summed E-state index contributed by atoms with van der Waals surface area (Å²) >= 11 is 0. The second-order valence-electron chi connectivity index (χ2n) is 4.06. The van der Waals surface area contributed by atoms with Crippen LogP contribution in [0, 0.1) is 0 Å². The molecule has 0 saturated heterocycles. The maximum atomic E-state index is 10.8. The number of aromatic nitrogens is 2. The van der Waals surface area contributed by atoms with Crippen molar-refractivity contribution in [1.82, 2.24) is 9.97 Å². The van der Waals surface area contributed by atoms with Gasteiger partial charge < -0.3 is 10.0 Å². The van der Waals surface area contributed by atoms with Gasteiger partial charge in [-0.15, -0.1) is 0 Å². The second-order valence-corrected chi connectivity index (χ2v) is 4.06. The summed E-state index contributed by atoms with van der Waals surface area (Å²) in [5.74, 6) is -0.141. The van der Waals surface area contributed by atoms with Crippen LogP contribution >= 0.6 is 0 Å². The van der Waals surface area contributed by atoms with E-state index < -0.39 is 12.0 Å². The van der Waals surface area contributed by atoms with Crippen molar-refractivity contribution in [3.63, 3.8) is 0 Å². The number of carboxylic acids is 1. The number of hydrogen-bond donors (Lipinski definition) is 1. The Hall–Kier alpha value is -1.65. The Kier molecular flexibility index (Phi) is 3.82. The average molecular weight is 223 g/mol. The highest BCUT2D eigenvalue weighted by Gasteiger charge is 2.19. The fraction of sp³-hybridized carbons (Fsp3) is 0.545. The van der Waals surface area contributed by atoms with Crippen molar-refractivity contribution in [3.05, 3.63) is 18.0 Å². The van der Waals surface area contributed by atoms with Gasteiger partial charge >= 0.3 is 5.97 Å². The van der Waals surface area contributed by atoms with E-state index in [0.717, 1.165) is 5.69 Å². The molecule has 0 radical (unpaired) electrons. The van der Waals surface area contributed by atoms with Crippen LogP contribution in [0.1, 0.15) is 32.4 Å². The molecule has 0 aliphatic rings. The van der Waals surface area contributed by atoms with E-state index >= 15 is 0 Å². The van der Waals surface area contributed by atoms with Gasteiger partial charge in [0.05, 0.1) is 0 Å². The zero-order valence-corrected chi connectivity index (χ0v) is 10.0. The lowest BCUT2D eigenvalue weighted by Crippen LogP contribution is -2.37. The number of hydrogen-bond acceptors (Lipinski definition) is 4. The SMILES string of the molecule is CC(C)c1ccnc(N(C)C(C)C(=O)O)n1. The summed E-state index contributed by atoms with van der Waals surface area (Å²) in [7, 11) is 1.68. The molecule has 1 aromatic rings. The first-order chi connectivity index (χ1) is 7.43. The van der Waals surface area contributed by atoms with Gasteiger partial charge in [-0.05, 0) is 18.9 Å². The molecule has 5 nitrogen and oxygen atoms in total. The smallest absolute Gasteiger partial charge is 0.326 e. The first-order valence-electron chi connectivity index (χ1n) is 5.22. The van der Waals surface area contributed by atoms with E-state index in [-0.39, 0.29) is 0 Å². The summed E-state index contributed by atoms with van der Waals surface area (Å²) in [6.45, 7) is 5.67. The topological polar surface area (TPSA) is 66.3 Å². The van der Waals surface area contributed by atoms with Gasteiger partial charge in [0.2, 0.25) is 5.95 Å². The van der Waals surface area contributed by atoms with Crippen LogP contribution in [0.25, 0.3) is 0 Å². The number of nitrogens with zero attached hydrogens (tertiary/aromatic N) is 3. The average Bonchev–Trinajstić information content (AvgIpc) is 2.27.